The van der Waals surface area contributed by atoms with Gasteiger partial charge in [-0.3, -0.25) is 14.6 Å². The Kier molecular flexibility index (Phi) is 7.48. The number of hydrogen-bond donors (Lipinski definition) is 2. The van der Waals surface area contributed by atoms with Gasteiger partial charge in [-0.25, -0.2) is 4.79 Å². The number of para-hydroxylation sites is 1. The minimum absolute atomic E-state index is 0.126. The zero-order valence-electron chi connectivity index (χ0n) is 23.4. The van der Waals surface area contributed by atoms with Crippen molar-refractivity contribution in [2.24, 2.45) is 0 Å². The van der Waals surface area contributed by atoms with Crippen LogP contribution in [0.3, 0.4) is 0 Å². The van der Waals surface area contributed by atoms with Crippen LogP contribution in [0.4, 0.5) is 4.79 Å². The Labute approximate surface area is 244 Å². The van der Waals surface area contributed by atoms with E-state index >= 15 is 0 Å². The molecule has 4 amide bonds. The van der Waals surface area contributed by atoms with Crippen LogP contribution in [0, 0.1) is 0 Å². The van der Waals surface area contributed by atoms with Gasteiger partial charge in [-0.15, -0.1) is 0 Å². The highest BCUT2D eigenvalue weighted by Crippen LogP contribution is 2.33. The van der Waals surface area contributed by atoms with Gasteiger partial charge in [0.2, 0.25) is 11.8 Å². The van der Waals surface area contributed by atoms with E-state index in [1.807, 2.05) is 67.6 Å². The highest BCUT2D eigenvalue weighted by molar-refractivity contribution is 5.92. The van der Waals surface area contributed by atoms with Crippen LogP contribution in [0.5, 0.6) is 5.75 Å². The quantitative estimate of drug-likeness (QED) is 0.368. The summed E-state index contributed by atoms with van der Waals surface area (Å²) in [6, 6.07) is 24.5. The van der Waals surface area contributed by atoms with Crippen LogP contribution in [-0.4, -0.2) is 67.4 Å². The molecule has 9 heteroatoms. The maximum absolute atomic E-state index is 14.3. The first-order valence-electron chi connectivity index (χ1n) is 14.2. The molecule has 3 atom stereocenters. The van der Waals surface area contributed by atoms with E-state index in [1.165, 1.54) is 0 Å². The van der Waals surface area contributed by atoms with E-state index in [4.69, 9.17) is 0 Å². The molecule has 2 N–H and O–H groups in total. The standard InChI is InChI=1S/C33H33N5O4/c1-22-31-36(33(42)35-20-24-7-3-2-4-8-24)18-16-29(40)38(31)28(19-23-12-14-27(39)15-13-23)32(41)37(22)21-26-10-5-9-25-11-6-17-34-30(25)26/h2-15,17,22,28,31,39H,16,18-21H2,1H3,(H,35,42)/t22-,28-,31?/m0/s1. The molecule has 2 fully saturated rings. The van der Waals surface area contributed by atoms with Gasteiger partial charge in [0.15, 0.2) is 0 Å². The number of aromatic hydroxyl groups is 1. The summed E-state index contributed by atoms with van der Waals surface area (Å²) >= 11 is 0. The molecule has 2 aliphatic heterocycles. The Morgan fingerprint density at radius 2 is 1.71 bits per heavy atom. The number of benzene rings is 3. The molecule has 0 spiro atoms. The van der Waals surface area contributed by atoms with Crippen molar-refractivity contribution in [3.8, 4) is 5.75 Å². The monoisotopic (exact) mass is 563 g/mol. The molecule has 3 heterocycles. The molecular formula is C33H33N5O4. The normalized spacial score (nSPS) is 20.5. The van der Waals surface area contributed by atoms with E-state index in [9.17, 15) is 19.5 Å². The Morgan fingerprint density at radius 3 is 2.50 bits per heavy atom. The van der Waals surface area contributed by atoms with Crippen molar-refractivity contribution in [2.75, 3.05) is 6.54 Å². The summed E-state index contributed by atoms with van der Waals surface area (Å²) in [5.74, 6) is -0.206. The molecule has 2 saturated heterocycles. The molecule has 42 heavy (non-hydrogen) atoms. The number of fused-ring (bicyclic) bond motifs is 2. The zero-order chi connectivity index (χ0) is 29.2. The van der Waals surface area contributed by atoms with Crippen LogP contribution in [-0.2, 0) is 29.1 Å². The van der Waals surface area contributed by atoms with Gasteiger partial charge >= 0.3 is 6.03 Å². The fraction of sp³-hybridized carbons (Fsp3) is 0.273. The summed E-state index contributed by atoms with van der Waals surface area (Å²) in [5, 5.41) is 13.8. The number of phenolic OH excluding ortho intramolecular Hbond substituents is 1. The van der Waals surface area contributed by atoms with Crippen molar-refractivity contribution in [1.82, 2.24) is 25.0 Å². The third-order valence-corrected chi connectivity index (χ3v) is 8.26. The number of piperazine rings is 1. The van der Waals surface area contributed by atoms with Gasteiger partial charge in [-0.2, -0.15) is 0 Å². The number of phenols is 1. The number of pyridine rings is 1. The van der Waals surface area contributed by atoms with Crippen LogP contribution in [0.1, 0.15) is 30.0 Å². The fourth-order valence-electron chi connectivity index (χ4n) is 6.14. The van der Waals surface area contributed by atoms with Crippen LogP contribution in [0.25, 0.3) is 10.9 Å². The molecule has 0 aliphatic carbocycles. The predicted octanol–water partition coefficient (Wildman–Crippen LogP) is 4.05. The van der Waals surface area contributed by atoms with Crippen LogP contribution >= 0.6 is 0 Å². The molecular weight excluding hydrogens is 530 g/mol. The molecule has 0 radical (unpaired) electrons. The molecule has 0 bridgehead atoms. The number of rotatable bonds is 6. The first-order valence-corrected chi connectivity index (χ1v) is 14.2. The molecule has 2 aliphatic rings. The topological polar surface area (TPSA) is 106 Å². The van der Waals surface area contributed by atoms with Crippen molar-refractivity contribution in [3.63, 3.8) is 0 Å². The van der Waals surface area contributed by atoms with E-state index in [-0.39, 0.29) is 43.0 Å². The van der Waals surface area contributed by atoms with E-state index in [0.717, 1.165) is 27.6 Å². The van der Waals surface area contributed by atoms with Crippen molar-refractivity contribution >= 4 is 28.7 Å². The van der Waals surface area contributed by atoms with E-state index < -0.39 is 18.2 Å². The van der Waals surface area contributed by atoms with E-state index in [2.05, 4.69) is 10.3 Å². The van der Waals surface area contributed by atoms with Gasteiger partial charge in [-0.1, -0.05) is 66.7 Å². The summed E-state index contributed by atoms with van der Waals surface area (Å²) in [6.07, 6.45) is 1.48. The van der Waals surface area contributed by atoms with Crippen molar-refractivity contribution in [1.29, 1.82) is 0 Å². The first-order chi connectivity index (χ1) is 20.4. The minimum atomic E-state index is -0.809. The highest BCUT2D eigenvalue weighted by Gasteiger charge is 2.52. The number of nitrogens with zero attached hydrogens (tertiary/aromatic N) is 4. The first kappa shape index (κ1) is 27.3. The third kappa shape index (κ3) is 5.25. The third-order valence-electron chi connectivity index (χ3n) is 8.26. The van der Waals surface area contributed by atoms with Gasteiger partial charge in [0.25, 0.3) is 0 Å². The average molecular weight is 564 g/mol. The Hall–Kier alpha value is -4.92. The summed E-state index contributed by atoms with van der Waals surface area (Å²) in [4.78, 5) is 51.1. The number of carbonyl (C=O) groups is 3. The summed E-state index contributed by atoms with van der Waals surface area (Å²) in [5.41, 5.74) is 3.49. The number of urea groups is 1. The average Bonchev–Trinajstić information content (AvgIpc) is 3.01. The van der Waals surface area contributed by atoms with E-state index in [1.54, 1.807) is 45.2 Å². The van der Waals surface area contributed by atoms with Crippen LogP contribution < -0.4 is 5.32 Å². The highest BCUT2D eigenvalue weighted by atomic mass is 16.3. The molecule has 3 aromatic carbocycles. The smallest absolute Gasteiger partial charge is 0.319 e. The van der Waals surface area contributed by atoms with Gasteiger partial charge in [0.05, 0.1) is 11.6 Å². The lowest BCUT2D eigenvalue weighted by Crippen LogP contribution is -2.75. The van der Waals surface area contributed by atoms with Crippen LogP contribution in [0.15, 0.2) is 91.1 Å². The lowest BCUT2D eigenvalue weighted by molar-refractivity contribution is -0.173. The van der Waals surface area contributed by atoms with Crippen molar-refractivity contribution < 1.29 is 19.5 Å². The van der Waals surface area contributed by atoms with Gasteiger partial charge < -0.3 is 25.1 Å². The Balaban J connectivity index is 1.35. The number of aromatic nitrogens is 1. The SMILES string of the molecule is C[C@H]1C2N(C(=O)NCc3ccccc3)CCC(=O)N2[C@@H](Cc2ccc(O)cc2)C(=O)N1Cc1cccc2cccnc12. The van der Waals surface area contributed by atoms with Crippen molar-refractivity contribution in [3.05, 3.63) is 108 Å². The number of hydrogen-bond acceptors (Lipinski definition) is 5. The molecule has 1 unspecified atom stereocenters. The number of amides is 4. The fourth-order valence-corrected chi connectivity index (χ4v) is 6.14. The summed E-state index contributed by atoms with van der Waals surface area (Å²) in [6.45, 7) is 2.81. The summed E-state index contributed by atoms with van der Waals surface area (Å²) < 4.78 is 0. The number of nitrogens with one attached hydrogen (secondary N) is 1. The number of carbonyl (C=O) groups excluding carboxylic acids is 3. The maximum atomic E-state index is 14.3. The van der Waals surface area contributed by atoms with Crippen molar-refractivity contribution in [2.45, 2.75) is 51.1 Å². The van der Waals surface area contributed by atoms with E-state index in [0.29, 0.717) is 13.1 Å². The van der Waals surface area contributed by atoms with Gasteiger partial charge in [-0.05, 0) is 41.8 Å². The largest absolute Gasteiger partial charge is 0.508 e. The summed E-state index contributed by atoms with van der Waals surface area (Å²) in [7, 11) is 0. The van der Waals surface area contributed by atoms with Gasteiger partial charge in [0.1, 0.15) is 18.0 Å². The molecule has 0 saturated carbocycles. The molecule has 6 rings (SSSR count). The lowest BCUT2D eigenvalue weighted by atomic mass is 9.93. The maximum Gasteiger partial charge on any atom is 0.319 e. The molecule has 1 aromatic heterocycles. The predicted molar refractivity (Wildman–Crippen MR) is 158 cm³/mol. The second kappa shape index (κ2) is 11.5. The second-order valence-corrected chi connectivity index (χ2v) is 10.9. The molecule has 4 aromatic rings. The van der Waals surface area contributed by atoms with Gasteiger partial charge in [0, 0.05) is 44.1 Å². The Morgan fingerprint density at radius 1 is 0.952 bits per heavy atom. The Bertz CT molecular complexity index is 1600. The minimum Gasteiger partial charge on any atom is -0.508 e. The van der Waals surface area contributed by atoms with Crippen LogP contribution in [0.2, 0.25) is 0 Å². The molecule has 214 valence electrons. The molecule has 9 nitrogen and oxygen atoms in total. The second-order valence-electron chi connectivity index (χ2n) is 10.9. The zero-order valence-corrected chi connectivity index (χ0v) is 23.4. The lowest BCUT2D eigenvalue weighted by Gasteiger charge is -2.55.